The van der Waals surface area contributed by atoms with E-state index in [0.29, 0.717) is 6.04 Å². The predicted octanol–water partition coefficient (Wildman–Crippen LogP) is 5.68. The Morgan fingerprint density at radius 1 is 0.792 bits per heavy atom. The molecule has 0 fully saturated rings. The van der Waals surface area contributed by atoms with Crippen molar-refractivity contribution in [3.05, 3.63) is 95.6 Å². The topological polar surface area (TPSA) is 3.24 Å². The minimum atomic E-state index is -0.0287. The minimum absolute atomic E-state index is 0.0287. The Balaban J connectivity index is 1.92. The summed E-state index contributed by atoms with van der Waals surface area (Å²) < 4.78 is 1.13. The Hall–Kier alpha value is -1.81. The van der Waals surface area contributed by atoms with Gasteiger partial charge in [-0.2, -0.15) is 0 Å². The zero-order valence-corrected chi connectivity index (χ0v) is 15.5. The predicted molar refractivity (Wildman–Crippen MR) is 109 cm³/mol. The summed E-state index contributed by atoms with van der Waals surface area (Å²) in [4.78, 5) is 2.57. The molecule has 3 aliphatic rings. The maximum atomic E-state index is 2.57. The molecule has 0 spiro atoms. The zero-order valence-electron chi connectivity index (χ0n) is 13.3. The molecule has 3 heterocycles. The molecular formula is C22H18IN. The third-order valence-corrected chi connectivity index (χ3v) is 6.62. The fraction of sp³-hybridized carbons (Fsp3) is 0.182. The molecule has 0 aliphatic carbocycles. The van der Waals surface area contributed by atoms with E-state index in [1.807, 2.05) is 0 Å². The van der Waals surface area contributed by atoms with Crippen LogP contribution >= 0.6 is 22.6 Å². The average Bonchev–Trinajstić information content (AvgIpc) is 2.68. The van der Waals surface area contributed by atoms with Crippen LogP contribution in [-0.2, 0) is 5.41 Å². The molecule has 1 atom stereocenters. The van der Waals surface area contributed by atoms with Crippen LogP contribution in [0.4, 0.5) is 11.4 Å². The lowest BCUT2D eigenvalue weighted by molar-refractivity contribution is 0.450. The molecule has 0 saturated carbocycles. The molecule has 0 amide bonds. The first-order valence-electron chi connectivity index (χ1n) is 8.46. The van der Waals surface area contributed by atoms with Gasteiger partial charge in [-0.05, 0) is 35.2 Å². The summed E-state index contributed by atoms with van der Waals surface area (Å²) in [5.74, 6) is 0. The van der Waals surface area contributed by atoms with Gasteiger partial charge in [0.25, 0.3) is 0 Å². The molecule has 0 saturated heterocycles. The highest BCUT2D eigenvalue weighted by Crippen LogP contribution is 2.59. The monoisotopic (exact) mass is 423 g/mol. The fourth-order valence-corrected chi connectivity index (χ4v) is 5.40. The van der Waals surface area contributed by atoms with E-state index in [4.69, 9.17) is 0 Å². The zero-order chi connectivity index (χ0) is 16.1. The van der Waals surface area contributed by atoms with Gasteiger partial charge in [-0.1, -0.05) is 89.3 Å². The summed E-state index contributed by atoms with van der Waals surface area (Å²) in [7, 11) is 0. The largest absolute Gasteiger partial charge is 0.337 e. The van der Waals surface area contributed by atoms with Crippen molar-refractivity contribution in [2.24, 2.45) is 0 Å². The number of benzene rings is 3. The van der Waals surface area contributed by atoms with Gasteiger partial charge >= 0.3 is 0 Å². The van der Waals surface area contributed by atoms with Gasteiger partial charge in [0.05, 0.1) is 5.41 Å². The Labute approximate surface area is 156 Å². The normalized spacial score (nSPS) is 23.7. The molecule has 1 nitrogen and oxygen atoms in total. The fourth-order valence-electron chi connectivity index (χ4n) is 4.70. The van der Waals surface area contributed by atoms with Crippen LogP contribution in [0.2, 0.25) is 0 Å². The molecule has 24 heavy (non-hydrogen) atoms. The number of anilines is 2. The highest BCUT2D eigenvalue weighted by molar-refractivity contribution is 14.1. The lowest BCUT2D eigenvalue weighted by Crippen LogP contribution is -2.52. The summed E-state index contributed by atoms with van der Waals surface area (Å²) >= 11 is 2.55. The molecule has 3 aliphatic heterocycles. The molecule has 0 radical (unpaired) electrons. The van der Waals surface area contributed by atoms with E-state index in [9.17, 15) is 0 Å². The van der Waals surface area contributed by atoms with Crippen molar-refractivity contribution in [2.45, 2.75) is 17.9 Å². The molecule has 0 aromatic heterocycles. The van der Waals surface area contributed by atoms with Crippen LogP contribution in [0.1, 0.15) is 23.1 Å². The maximum Gasteiger partial charge on any atom is 0.0512 e. The van der Waals surface area contributed by atoms with Gasteiger partial charge in [0.1, 0.15) is 0 Å². The van der Waals surface area contributed by atoms with E-state index in [0.717, 1.165) is 10.8 Å². The van der Waals surface area contributed by atoms with Crippen LogP contribution in [0.3, 0.4) is 0 Å². The van der Waals surface area contributed by atoms with Gasteiger partial charge in [-0.15, -0.1) is 0 Å². The van der Waals surface area contributed by atoms with Crippen molar-refractivity contribution in [1.82, 2.24) is 0 Å². The lowest BCUT2D eigenvalue weighted by atomic mass is 9.60. The minimum Gasteiger partial charge on any atom is -0.337 e. The van der Waals surface area contributed by atoms with Gasteiger partial charge in [0, 0.05) is 21.8 Å². The molecule has 3 aromatic carbocycles. The number of rotatable bonds is 2. The SMILES string of the molecule is IC[C@H]1CC2(c3ccccc3)c3ccccc3N1c1ccccc12. The van der Waals surface area contributed by atoms with Crippen molar-refractivity contribution in [3.8, 4) is 0 Å². The first-order chi connectivity index (χ1) is 11.9. The van der Waals surface area contributed by atoms with Gasteiger partial charge < -0.3 is 4.90 Å². The number of hydrogen-bond donors (Lipinski definition) is 0. The van der Waals surface area contributed by atoms with Crippen molar-refractivity contribution < 1.29 is 0 Å². The highest BCUT2D eigenvalue weighted by atomic mass is 127. The third kappa shape index (κ3) is 1.75. The van der Waals surface area contributed by atoms with Gasteiger partial charge in [-0.25, -0.2) is 0 Å². The van der Waals surface area contributed by atoms with Crippen LogP contribution < -0.4 is 4.90 Å². The number of hydrogen-bond acceptors (Lipinski definition) is 1. The molecular weight excluding hydrogens is 405 g/mol. The van der Waals surface area contributed by atoms with Gasteiger partial charge in [-0.3, -0.25) is 0 Å². The van der Waals surface area contributed by atoms with E-state index in [1.54, 1.807) is 0 Å². The Kier molecular flexibility index (Phi) is 3.24. The first-order valence-corrected chi connectivity index (χ1v) is 9.98. The lowest BCUT2D eigenvalue weighted by Gasteiger charge is -2.55. The smallest absolute Gasteiger partial charge is 0.0512 e. The first kappa shape index (κ1) is 14.5. The van der Waals surface area contributed by atoms with Crippen molar-refractivity contribution in [3.63, 3.8) is 0 Å². The summed E-state index contributed by atoms with van der Waals surface area (Å²) in [6.45, 7) is 0. The summed E-state index contributed by atoms with van der Waals surface area (Å²) in [6.07, 6.45) is 1.15. The Morgan fingerprint density at radius 2 is 1.33 bits per heavy atom. The summed E-state index contributed by atoms with van der Waals surface area (Å²) in [6, 6.07) is 29.6. The van der Waals surface area contributed by atoms with E-state index >= 15 is 0 Å². The van der Waals surface area contributed by atoms with Crippen molar-refractivity contribution in [1.29, 1.82) is 0 Å². The number of fused-ring (bicyclic) bond motifs is 1. The molecule has 2 bridgehead atoms. The second-order valence-corrected chi connectivity index (χ2v) is 7.57. The van der Waals surface area contributed by atoms with E-state index in [1.165, 1.54) is 28.1 Å². The van der Waals surface area contributed by atoms with Crippen LogP contribution in [0.15, 0.2) is 78.9 Å². The second-order valence-electron chi connectivity index (χ2n) is 6.69. The van der Waals surface area contributed by atoms with Crippen LogP contribution in [0.25, 0.3) is 0 Å². The molecule has 118 valence electrons. The standard InChI is InChI=1S/C22H18IN/c23-15-17-14-22(16-8-2-1-3-9-16)18-10-4-6-12-20(18)24(17)21-13-7-5-11-19(21)22/h1-13,17H,14-15H2/t17-/m1/s1. The van der Waals surface area contributed by atoms with Crippen molar-refractivity contribution in [2.75, 3.05) is 9.33 Å². The quantitative estimate of drug-likeness (QED) is 0.379. The van der Waals surface area contributed by atoms with Crippen molar-refractivity contribution >= 4 is 34.0 Å². The maximum absolute atomic E-state index is 2.57. The second kappa shape index (κ2) is 5.35. The average molecular weight is 423 g/mol. The number of para-hydroxylation sites is 2. The summed E-state index contributed by atoms with van der Waals surface area (Å²) in [5.41, 5.74) is 7.06. The van der Waals surface area contributed by atoms with Crippen LogP contribution in [0.5, 0.6) is 0 Å². The van der Waals surface area contributed by atoms with E-state index in [2.05, 4.69) is 106 Å². The summed E-state index contributed by atoms with van der Waals surface area (Å²) in [5, 5.41) is 0. The highest BCUT2D eigenvalue weighted by Gasteiger charge is 2.51. The molecule has 0 unspecified atom stereocenters. The Bertz CT molecular complexity index is 855. The van der Waals surface area contributed by atoms with E-state index < -0.39 is 0 Å². The third-order valence-electron chi connectivity index (χ3n) is 5.60. The molecule has 0 N–H and O–H groups in total. The van der Waals surface area contributed by atoms with Crippen LogP contribution in [-0.4, -0.2) is 10.5 Å². The van der Waals surface area contributed by atoms with Gasteiger partial charge in [0.15, 0.2) is 0 Å². The molecule has 3 aromatic rings. The number of alkyl halides is 1. The van der Waals surface area contributed by atoms with Gasteiger partial charge in [0.2, 0.25) is 0 Å². The van der Waals surface area contributed by atoms with Crippen LogP contribution in [0, 0.1) is 0 Å². The Morgan fingerprint density at radius 3 is 1.92 bits per heavy atom. The number of nitrogens with zero attached hydrogens (tertiary/aromatic N) is 1. The molecule has 2 heteroatoms. The number of halogens is 1. The van der Waals surface area contributed by atoms with E-state index in [-0.39, 0.29) is 5.41 Å². The molecule has 6 rings (SSSR count).